The molecule has 0 bridgehead atoms. The molecule has 8 heteroatoms. The highest BCUT2D eigenvalue weighted by Gasteiger charge is 2.38. The van der Waals surface area contributed by atoms with Crippen LogP contribution < -0.4 is 10.6 Å². The van der Waals surface area contributed by atoms with Crippen molar-refractivity contribution in [1.82, 2.24) is 15.5 Å². The summed E-state index contributed by atoms with van der Waals surface area (Å²) in [5.74, 6) is -1.30. The van der Waals surface area contributed by atoms with E-state index in [0.29, 0.717) is 6.54 Å². The summed E-state index contributed by atoms with van der Waals surface area (Å²) in [7, 11) is 0. The first-order chi connectivity index (χ1) is 9.45. The maximum atomic E-state index is 11.8. The number of hydrogen-bond donors (Lipinski definition) is 4. The number of rotatable bonds is 6. The average molecular weight is 287 g/mol. The van der Waals surface area contributed by atoms with Crippen LogP contribution in [0.2, 0.25) is 0 Å². The SMILES string of the molecule is CCCNC(=O)CCNC(=O)N1C[C@@H](O)C[C@H]1C(=O)O. The highest BCUT2D eigenvalue weighted by atomic mass is 16.4. The van der Waals surface area contributed by atoms with Gasteiger partial charge in [0.2, 0.25) is 5.91 Å². The number of likely N-dealkylation sites (tertiary alicyclic amines) is 1. The Morgan fingerprint density at radius 2 is 1.95 bits per heavy atom. The number of carbonyl (C=O) groups is 3. The van der Waals surface area contributed by atoms with E-state index >= 15 is 0 Å². The van der Waals surface area contributed by atoms with Gasteiger partial charge in [-0.2, -0.15) is 0 Å². The third-order valence-electron chi connectivity index (χ3n) is 3.03. The van der Waals surface area contributed by atoms with Gasteiger partial charge in [0.25, 0.3) is 0 Å². The van der Waals surface area contributed by atoms with Crippen molar-refractivity contribution in [3.05, 3.63) is 0 Å². The molecule has 4 N–H and O–H groups in total. The number of nitrogens with one attached hydrogen (secondary N) is 2. The molecule has 1 rings (SSSR count). The highest BCUT2D eigenvalue weighted by molar-refractivity contribution is 5.84. The van der Waals surface area contributed by atoms with Crippen molar-refractivity contribution >= 4 is 17.9 Å². The molecule has 0 spiro atoms. The van der Waals surface area contributed by atoms with Gasteiger partial charge in [-0.1, -0.05) is 6.92 Å². The van der Waals surface area contributed by atoms with Gasteiger partial charge in [0.1, 0.15) is 6.04 Å². The van der Waals surface area contributed by atoms with Crippen LogP contribution in [0.4, 0.5) is 4.79 Å². The number of aliphatic hydroxyl groups excluding tert-OH is 1. The molecule has 1 aliphatic heterocycles. The minimum absolute atomic E-state index is 0.00910. The van der Waals surface area contributed by atoms with Gasteiger partial charge in [-0.25, -0.2) is 9.59 Å². The molecule has 1 heterocycles. The minimum atomic E-state index is -1.14. The van der Waals surface area contributed by atoms with Crippen molar-refractivity contribution in [3.63, 3.8) is 0 Å². The van der Waals surface area contributed by atoms with Gasteiger partial charge in [0.05, 0.1) is 6.10 Å². The lowest BCUT2D eigenvalue weighted by Crippen LogP contribution is -2.46. The number of β-amino-alcohol motifs (C(OH)–C–C–N with tert-alkyl or cyclic N) is 1. The highest BCUT2D eigenvalue weighted by Crippen LogP contribution is 2.17. The first-order valence-electron chi connectivity index (χ1n) is 6.67. The van der Waals surface area contributed by atoms with Crippen molar-refractivity contribution in [3.8, 4) is 0 Å². The standard InChI is InChI=1S/C12H21N3O5/c1-2-4-13-10(17)3-5-14-12(20)15-7-8(16)6-9(15)11(18)19/h8-9,16H,2-7H2,1H3,(H,13,17)(H,14,20)(H,18,19)/t8-,9-/m0/s1. The lowest BCUT2D eigenvalue weighted by Gasteiger charge is -2.21. The number of carboxylic acids is 1. The predicted octanol–water partition coefficient (Wildman–Crippen LogP) is -0.868. The molecule has 0 aromatic heterocycles. The molecule has 0 aromatic carbocycles. The Kier molecular flexibility index (Phi) is 6.23. The van der Waals surface area contributed by atoms with Gasteiger partial charge < -0.3 is 25.7 Å². The summed E-state index contributed by atoms with van der Waals surface area (Å²) in [5.41, 5.74) is 0. The normalized spacial score (nSPS) is 21.6. The van der Waals surface area contributed by atoms with Crippen molar-refractivity contribution in [2.75, 3.05) is 19.6 Å². The van der Waals surface area contributed by atoms with Crippen LogP contribution in [0.3, 0.4) is 0 Å². The first kappa shape index (κ1) is 16.2. The molecule has 0 aliphatic carbocycles. The van der Waals surface area contributed by atoms with Crippen molar-refractivity contribution in [2.45, 2.75) is 38.3 Å². The Morgan fingerprint density at radius 1 is 1.25 bits per heavy atom. The summed E-state index contributed by atoms with van der Waals surface area (Å²) >= 11 is 0. The smallest absolute Gasteiger partial charge is 0.326 e. The van der Waals surface area contributed by atoms with Gasteiger partial charge in [-0.15, -0.1) is 0 Å². The summed E-state index contributed by atoms with van der Waals surface area (Å²) in [6.45, 7) is 2.65. The summed E-state index contributed by atoms with van der Waals surface area (Å²) < 4.78 is 0. The molecule has 1 aliphatic rings. The molecule has 1 fully saturated rings. The maximum absolute atomic E-state index is 11.8. The number of nitrogens with zero attached hydrogens (tertiary/aromatic N) is 1. The largest absolute Gasteiger partial charge is 0.480 e. The second kappa shape index (κ2) is 7.68. The van der Waals surface area contributed by atoms with Crippen LogP contribution in [0.15, 0.2) is 0 Å². The summed E-state index contributed by atoms with van der Waals surface area (Å²) in [6, 6.07) is -1.59. The van der Waals surface area contributed by atoms with E-state index in [-0.39, 0.29) is 31.8 Å². The van der Waals surface area contributed by atoms with Crippen LogP contribution >= 0.6 is 0 Å². The van der Waals surface area contributed by atoms with E-state index in [2.05, 4.69) is 10.6 Å². The lowest BCUT2D eigenvalue weighted by atomic mass is 10.2. The van der Waals surface area contributed by atoms with Gasteiger partial charge in [0, 0.05) is 32.5 Å². The summed E-state index contributed by atoms with van der Waals surface area (Å²) in [6.07, 6.45) is 0.179. The topological polar surface area (TPSA) is 119 Å². The molecule has 0 aromatic rings. The Balaban J connectivity index is 2.35. The molecule has 8 nitrogen and oxygen atoms in total. The molecule has 2 atom stereocenters. The zero-order valence-corrected chi connectivity index (χ0v) is 11.5. The number of urea groups is 1. The molecule has 20 heavy (non-hydrogen) atoms. The number of aliphatic hydroxyl groups is 1. The van der Waals surface area contributed by atoms with E-state index in [1.165, 1.54) is 0 Å². The Bertz CT molecular complexity index is 374. The Hall–Kier alpha value is -1.83. The number of aliphatic carboxylic acids is 1. The summed E-state index contributed by atoms with van der Waals surface area (Å²) in [5, 5.41) is 23.6. The van der Waals surface area contributed by atoms with Crippen molar-refractivity contribution in [2.24, 2.45) is 0 Å². The Labute approximate surface area is 117 Å². The number of amides is 3. The zero-order valence-electron chi connectivity index (χ0n) is 11.5. The Morgan fingerprint density at radius 3 is 2.55 bits per heavy atom. The van der Waals surface area contributed by atoms with Gasteiger partial charge >= 0.3 is 12.0 Å². The average Bonchev–Trinajstić information content (AvgIpc) is 2.78. The fourth-order valence-corrected chi connectivity index (χ4v) is 2.01. The lowest BCUT2D eigenvalue weighted by molar-refractivity contribution is -0.141. The number of carboxylic acid groups (broad SMARTS) is 1. The van der Waals surface area contributed by atoms with Crippen molar-refractivity contribution in [1.29, 1.82) is 0 Å². The molecular formula is C12H21N3O5. The van der Waals surface area contributed by atoms with Crippen LogP contribution in [-0.4, -0.2) is 64.8 Å². The fraction of sp³-hybridized carbons (Fsp3) is 0.750. The fourth-order valence-electron chi connectivity index (χ4n) is 2.01. The van der Waals surface area contributed by atoms with E-state index in [1.54, 1.807) is 0 Å². The monoisotopic (exact) mass is 287 g/mol. The third-order valence-corrected chi connectivity index (χ3v) is 3.03. The number of hydrogen-bond acceptors (Lipinski definition) is 4. The number of carbonyl (C=O) groups excluding carboxylic acids is 2. The molecule has 3 amide bonds. The van der Waals surface area contributed by atoms with Crippen LogP contribution in [0.5, 0.6) is 0 Å². The second-order valence-electron chi connectivity index (χ2n) is 4.73. The van der Waals surface area contributed by atoms with Gasteiger partial charge in [-0.05, 0) is 6.42 Å². The molecule has 0 saturated carbocycles. The first-order valence-corrected chi connectivity index (χ1v) is 6.67. The van der Waals surface area contributed by atoms with Crippen molar-refractivity contribution < 1.29 is 24.6 Å². The molecular weight excluding hydrogens is 266 g/mol. The zero-order chi connectivity index (χ0) is 15.1. The van der Waals surface area contributed by atoms with Gasteiger partial charge in [0.15, 0.2) is 0 Å². The van der Waals surface area contributed by atoms with E-state index in [4.69, 9.17) is 5.11 Å². The quantitative estimate of drug-likeness (QED) is 0.506. The minimum Gasteiger partial charge on any atom is -0.480 e. The molecule has 114 valence electrons. The molecule has 0 radical (unpaired) electrons. The second-order valence-corrected chi connectivity index (χ2v) is 4.73. The maximum Gasteiger partial charge on any atom is 0.326 e. The van der Waals surface area contributed by atoms with E-state index in [0.717, 1.165) is 11.3 Å². The van der Waals surface area contributed by atoms with Crippen LogP contribution in [0.25, 0.3) is 0 Å². The van der Waals surface area contributed by atoms with E-state index in [1.807, 2.05) is 6.92 Å². The molecule has 1 saturated heterocycles. The van der Waals surface area contributed by atoms with Crippen LogP contribution in [0, 0.1) is 0 Å². The van der Waals surface area contributed by atoms with Crippen LogP contribution in [0.1, 0.15) is 26.2 Å². The molecule has 0 unspecified atom stereocenters. The van der Waals surface area contributed by atoms with E-state index in [9.17, 15) is 19.5 Å². The van der Waals surface area contributed by atoms with Gasteiger partial charge in [-0.3, -0.25) is 4.79 Å². The third kappa shape index (κ3) is 4.69. The summed E-state index contributed by atoms with van der Waals surface area (Å²) in [4.78, 5) is 35.2. The van der Waals surface area contributed by atoms with E-state index < -0.39 is 24.1 Å². The van der Waals surface area contributed by atoms with Crippen LogP contribution in [-0.2, 0) is 9.59 Å². The predicted molar refractivity (Wildman–Crippen MR) is 70.1 cm³/mol.